The maximum absolute atomic E-state index is 13.0. The van der Waals surface area contributed by atoms with E-state index in [0.717, 1.165) is 22.4 Å². The van der Waals surface area contributed by atoms with Crippen LogP contribution in [0.25, 0.3) is 0 Å². The molecule has 0 radical (unpaired) electrons. The van der Waals surface area contributed by atoms with Crippen molar-refractivity contribution < 1.29 is 17.9 Å². The number of methoxy groups -OCH3 is 1. The molecule has 0 atom stereocenters. The van der Waals surface area contributed by atoms with Crippen LogP contribution < -0.4 is 10.1 Å². The average Bonchev–Trinajstić information content (AvgIpc) is 2.70. The molecule has 1 N–H and O–H groups in total. The van der Waals surface area contributed by atoms with Crippen molar-refractivity contribution in [2.45, 2.75) is 38.5 Å². The summed E-state index contributed by atoms with van der Waals surface area (Å²) in [6, 6.07) is 10.8. The average molecular weight is 417 g/mol. The van der Waals surface area contributed by atoms with Crippen LogP contribution in [-0.4, -0.2) is 38.8 Å². The molecule has 0 spiro atoms. The summed E-state index contributed by atoms with van der Waals surface area (Å²) in [5.74, 6) is 0.417. The molecule has 0 aromatic heterocycles. The number of amides is 1. The second kappa shape index (κ2) is 8.55. The third kappa shape index (κ3) is 4.62. The monoisotopic (exact) mass is 416 g/mol. The highest BCUT2D eigenvalue weighted by Gasteiger charge is 2.32. The number of carbonyl (C=O) groups excluding carboxylic acids is 1. The van der Waals surface area contributed by atoms with Gasteiger partial charge in [0.1, 0.15) is 5.75 Å². The SMILES string of the molecule is COc1ccc(S(=O)(=O)N2CCC(C(=O)Nc3cc(C)ccc3C)CC2)cc1C. The van der Waals surface area contributed by atoms with Gasteiger partial charge >= 0.3 is 0 Å². The zero-order valence-corrected chi connectivity index (χ0v) is 18.2. The first-order valence-corrected chi connectivity index (χ1v) is 11.2. The van der Waals surface area contributed by atoms with E-state index < -0.39 is 10.0 Å². The van der Waals surface area contributed by atoms with Gasteiger partial charge in [0.25, 0.3) is 0 Å². The van der Waals surface area contributed by atoms with Crippen molar-refractivity contribution in [3.63, 3.8) is 0 Å². The van der Waals surface area contributed by atoms with Gasteiger partial charge in [0, 0.05) is 24.7 Å². The first kappa shape index (κ1) is 21.3. The first-order chi connectivity index (χ1) is 13.7. The number of nitrogens with zero attached hydrogens (tertiary/aromatic N) is 1. The van der Waals surface area contributed by atoms with E-state index in [1.54, 1.807) is 25.3 Å². The number of rotatable bonds is 5. The van der Waals surface area contributed by atoms with Crippen LogP contribution in [0.3, 0.4) is 0 Å². The van der Waals surface area contributed by atoms with Gasteiger partial charge in [-0.25, -0.2) is 8.42 Å². The zero-order valence-electron chi connectivity index (χ0n) is 17.4. The molecule has 1 aliphatic heterocycles. The lowest BCUT2D eigenvalue weighted by molar-refractivity contribution is -0.120. The van der Waals surface area contributed by atoms with E-state index in [0.29, 0.717) is 31.7 Å². The minimum absolute atomic E-state index is 0.0453. The largest absolute Gasteiger partial charge is 0.496 e. The quantitative estimate of drug-likeness (QED) is 0.807. The number of ether oxygens (including phenoxy) is 1. The van der Waals surface area contributed by atoms with E-state index in [2.05, 4.69) is 5.32 Å². The van der Waals surface area contributed by atoms with Crippen molar-refractivity contribution in [3.05, 3.63) is 53.1 Å². The molecule has 0 unspecified atom stereocenters. The van der Waals surface area contributed by atoms with E-state index in [-0.39, 0.29) is 16.7 Å². The lowest BCUT2D eigenvalue weighted by Crippen LogP contribution is -2.41. The Labute approximate surface area is 172 Å². The minimum Gasteiger partial charge on any atom is -0.496 e. The van der Waals surface area contributed by atoms with E-state index in [1.807, 2.05) is 39.0 Å². The molecule has 7 heteroatoms. The fourth-order valence-electron chi connectivity index (χ4n) is 3.62. The number of aryl methyl sites for hydroxylation is 3. The van der Waals surface area contributed by atoms with E-state index >= 15 is 0 Å². The zero-order chi connectivity index (χ0) is 21.2. The van der Waals surface area contributed by atoms with Gasteiger partial charge < -0.3 is 10.1 Å². The van der Waals surface area contributed by atoms with Crippen LogP contribution in [0.1, 0.15) is 29.5 Å². The van der Waals surface area contributed by atoms with Crippen LogP contribution in [-0.2, 0) is 14.8 Å². The molecular formula is C22H28N2O4S. The summed E-state index contributed by atoms with van der Waals surface area (Å²) in [5.41, 5.74) is 3.69. The van der Waals surface area contributed by atoms with Gasteiger partial charge in [-0.3, -0.25) is 4.79 Å². The Morgan fingerprint density at radius 1 is 1.03 bits per heavy atom. The first-order valence-electron chi connectivity index (χ1n) is 9.75. The summed E-state index contributed by atoms with van der Waals surface area (Å²) in [4.78, 5) is 12.9. The number of piperidine rings is 1. The maximum Gasteiger partial charge on any atom is 0.243 e. The third-order valence-corrected chi connectivity index (χ3v) is 7.37. The topological polar surface area (TPSA) is 75.7 Å². The fourth-order valence-corrected chi connectivity index (χ4v) is 5.18. The normalized spacial score (nSPS) is 15.9. The maximum atomic E-state index is 13.0. The van der Waals surface area contributed by atoms with Crippen molar-refractivity contribution in [1.82, 2.24) is 4.31 Å². The summed E-state index contributed by atoms with van der Waals surface area (Å²) in [7, 11) is -2.02. The molecule has 0 saturated carbocycles. The van der Waals surface area contributed by atoms with Gasteiger partial charge in [-0.05, 0) is 74.6 Å². The van der Waals surface area contributed by atoms with E-state index in [1.165, 1.54) is 4.31 Å². The van der Waals surface area contributed by atoms with Crippen molar-refractivity contribution in [2.24, 2.45) is 5.92 Å². The van der Waals surface area contributed by atoms with Crippen LogP contribution in [0.4, 0.5) is 5.69 Å². The Kier molecular flexibility index (Phi) is 6.29. The van der Waals surface area contributed by atoms with Gasteiger partial charge in [0.2, 0.25) is 15.9 Å². The molecule has 0 bridgehead atoms. The second-order valence-corrected chi connectivity index (χ2v) is 9.56. The molecular weight excluding hydrogens is 388 g/mol. The molecule has 156 valence electrons. The van der Waals surface area contributed by atoms with Gasteiger partial charge in [0.05, 0.1) is 12.0 Å². The standard InChI is InChI=1S/C22H28N2O4S/c1-15-5-6-16(2)20(13-15)23-22(25)18-9-11-24(12-10-18)29(26,27)19-7-8-21(28-4)17(3)14-19/h5-8,13-14,18H,9-12H2,1-4H3,(H,23,25). The molecule has 1 aliphatic rings. The molecule has 1 amide bonds. The van der Waals surface area contributed by atoms with Crippen molar-refractivity contribution in [3.8, 4) is 5.75 Å². The van der Waals surface area contributed by atoms with Gasteiger partial charge in [-0.15, -0.1) is 0 Å². The Balaban J connectivity index is 1.65. The van der Waals surface area contributed by atoms with Crippen molar-refractivity contribution in [1.29, 1.82) is 0 Å². The molecule has 1 fully saturated rings. The number of nitrogens with one attached hydrogen (secondary N) is 1. The highest BCUT2D eigenvalue weighted by Crippen LogP contribution is 2.28. The predicted octanol–water partition coefficient (Wildman–Crippen LogP) is 3.66. The summed E-state index contributed by atoms with van der Waals surface area (Å²) < 4.78 is 32.6. The molecule has 0 aliphatic carbocycles. The number of sulfonamides is 1. The van der Waals surface area contributed by atoms with Crippen LogP contribution in [0, 0.1) is 26.7 Å². The molecule has 6 nitrogen and oxygen atoms in total. The van der Waals surface area contributed by atoms with E-state index in [4.69, 9.17) is 4.74 Å². The molecule has 1 saturated heterocycles. The summed E-state index contributed by atoms with van der Waals surface area (Å²) in [5, 5.41) is 3.01. The number of hydrogen-bond donors (Lipinski definition) is 1. The lowest BCUT2D eigenvalue weighted by Gasteiger charge is -2.30. The predicted molar refractivity (Wildman–Crippen MR) is 114 cm³/mol. The number of carbonyl (C=O) groups is 1. The van der Waals surface area contributed by atoms with Crippen molar-refractivity contribution >= 4 is 21.6 Å². The van der Waals surface area contributed by atoms with Gasteiger partial charge in [-0.2, -0.15) is 4.31 Å². The number of benzene rings is 2. The summed E-state index contributed by atoms with van der Waals surface area (Å²) in [6.45, 7) is 6.43. The molecule has 2 aromatic rings. The van der Waals surface area contributed by atoms with Crippen LogP contribution >= 0.6 is 0 Å². The van der Waals surface area contributed by atoms with Crippen LogP contribution in [0.2, 0.25) is 0 Å². The lowest BCUT2D eigenvalue weighted by atomic mass is 9.97. The Morgan fingerprint density at radius 3 is 2.34 bits per heavy atom. The second-order valence-electron chi connectivity index (χ2n) is 7.62. The van der Waals surface area contributed by atoms with E-state index in [9.17, 15) is 13.2 Å². The highest BCUT2D eigenvalue weighted by atomic mass is 32.2. The van der Waals surface area contributed by atoms with Gasteiger partial charge in [-0.1, -0.05) is 12.1 Å². The summed E-state index contributed by atoms with van der Waals surface area (Å²) in [6.07, 6.45) is 1.01. The molecule has 3 rings (SSSR count). The Bertz CT molecular complexity index is 1010. The molecule has 2 aromatic carbocycles. The fraction of sp³-hybridized carbons (Fsp3) is 0.409. The Morgan fingerprint density at radius 2 is 1.72 bits per heavy atom. The Hall–Kier alpha value is -2.38. The van der Waals surface area contributed by atoms with Crippen LogP contribution in [0.5, 0.6) is 5.75 Å². The van der Waals surface area contributed by atoms with Crippen molar-refractivity contribution in [2.75, 3.05) is 25.5 Å². The highest BCUT2D eigenvalue weighted by molar-refractivity contribution is 7.89. The molecule has 1 heterocycles. The minimum atomic E-state index is -3.58. The molecule has 29 heavy (non-hydrogen) atoms. The number of anilines is 1. The van der Waals surface area contributed by atoms with Gasteiger partial charge in [0.15, 0.2) is 0 Å². The van der Waals surface area contributed by atoms with Crippen LogP contribution in [0.15, 0.2) is 41.3 Å². The smallest absolute Gasteiger partial charge is 0.243 e. The number of hydrogen-bond acceptors (Lipinski definition) is 4. The third-order valence-electron chi connectivity index (χ3n) is 5.48. The summed E-state index contributed by atoms with van der Waals surface area (Å²) >= 11 is 0.